The van der Waals surface area contributed by atoms with Crippen LogP contribution in [0.5, 0.6) is 0 Å². The molecule has 0 atom stereocenters. The number of carbonyl (C=O) groups excluding carboxylic acids is 2. The summed E-state index contributed by atoms with van der Waals surface area (Å²) in [5, 5.41) is 3.25. The minimum absolute atomic E-state index is 0.254. The highest BCUT2D eigenvalue weighted by atomic mass is 16.2. The summed E-state index contributed by atoms with van der Waals surface area (Å²) >= 11 is 0. The lowest BCUT2D eigenvalue weighted by Crippen LogP contribution is -2.34. The van der Waals surface area contributed by atoms with E-state index in [1.54, 1.807) is 0 Å². The quantitative estimate of drug-likeness (QED) is 0.537. The van der Waals surface area contributed by atoms with Crippen molar-refractivity contribution in [1.29, 1.82) is 0 Å². The fraction of sp³-hybridized carbons (Fsp3) is 0.214. The molecule has 33 heavy (non-hydrogen) atoms. The standard InChI is InChI=1S/C28H29N3O2/c1-19-10-15-24(20(2)18-19)25-26(29-22-11-13-23(14-12-22)30(3)4)28(33)31(27(25)32)17-16-21-8-6-5-7-9-21/h5-15,18,29H,16-17H2,1-4H3. The van der Waals surface area contributed by atoms with Crippen LogP contribution in [0.4, 0.5) is 11.4 Å². The molecule has 3 aromatic rings. The highest BCUT2D eigenvalue weighted by molar-refractivity contribution is 6.36. The summed E-state index contributed by atoms with van der Waals surface area (Å²) in [6.07, 6.45) is 0.614. The molecule has 0 aliphatic carbocycles. The molecule has 1 aliphatic rings. The van der Waals surface area contributed by atoms with E-state index >= 15 is 0 Å². The van der Waals surface area contributed by atoms with E-state index in [-0.39, 0.29) is 11.8 Å². The van der Waals surface area contributed by atoms with Gasteiger partial charge in [-0.3, -0.25) is 14.5 Å². The number of aryl methyl sites for hydroxylation is 2. The molecule has 3 aromatic carbocycles. The number of nitrogens with zero attached hydrogens (tertiary/aromatic N) is 2. The summed E-state index contributed by atoms with van der Waals surface area (Å²) in [4.78, 5) is 30.3. The summed E-state index contributed by atoms with van der Waals surface area (Å²) in [6.45, 7) is 4.33. The zero-order chi connectivity index (χ0) is 23.5. The summed E-state index contributed by atoms with van der Waals surface area (Å²) in [5.74, 6) is -0.544. The van der Waals surface area contributed by atoms with Crippen molar-refractivity contribution in [2.24, 2.45) is 0 Å². The Bertz CT molecular complexity index is 1210. The third-order valence-corrected chi connectivity index (χ3v) is 5.94. The molecule has 4 rings (SSSR count). The molecule has 0 radical (unpaired) electrons. The lowest BCUT2D eigenvalue weighted by atomic mass is 9.97. The summed E-state index contributed by atoms with van der Waals surface area (Å²) < 4.78 is 0. The molecule has 5 heteroatoms. The van der Waals surface area contributed by atoms with Crippen LogP contribution < -0.4 is 10.2 Å². The van der Waals surface area contributed by atoms with Crippen LogP contribution in [0.1, 0.15) is 22.3 Å². The van der Waals surface area contributed by atoms with Gasteiger partial charge >= 0.3 is 0 Å². The van der Waals surface area contributed by atoms with Gasteiger partial charge in [-0.2, -0.15) is 0 Å². The first kappa shape index (κ1) is 22.3. The number of amides is 2. The number of hydrogen-bond donors (Lipinski definition) is 1. The molecule has 2 amide bonds. The molecule has 1 N–H and O–H groups in total. The van der Waals surface area contributed by atoms with Gasteiger partial charge in [0.15, 0.2) is 0 Å². The fourth-order valence-corrected chi connectivity index (χ4v) is 4.11. The number of benzene rings is 3. The van der Waals surface area contributed by atoms with Crippen molar-refractivity contribution in [1.82, 2.24) is 4.90 Å². The van der Waals surface area contributed by atoms with Gasteiger partial charge in [-0.25, -0.2) is 0 Å². The molecular weight excluding hydrogens is 410 g/mol. The predicted molar refractivity (Wildman–Crippen MR) is 134 cm³/mol. The second-order valence-corrected chi connectivity index (χ2v) is 8.63. The van der Waals surface area contributed by atoms with Crippen molar-refractivity contribution in [3.63, 3.8) is 0 Å². The Balaban J connectivity index is 1.69. The molecule has 0 spiro atoms. The van der Waals surface area contributed by atoms with E-state index in [1.165, 1.54) is 4.90 Å². The molecule has 0 aromatic heterocycles. The predicted octanol–water partition coefficient (Wildman–Crippen LogP) is 4.80. The maximum absolute atomic E-state index is 13.5. The minimum atomic E-state index is -0.289. The van der Waals surface area contributed by atoms with E-state index in [0.717, 1.165) is 33.6 Å². The Kier molecular flexibility index (Phi) is 6.31. The van der Waals surface area contributed by atoms with Crippen molar-refractivity contribution in [2.75, 3.05) is 30.9 Å². The number of hydrogen-bond acceptors (Lipinski definition) is 4. The molecule has 5 nitrogen and oxygen atoms in total. The normalized spacial score (nSPS) is 13.6. The molecule has 1 aliphatic heterocycles. The van der Waals surface area contributed by atoms with E-state index in [0.29, 0.717) is 24.2 Å². The van der Waals surface area contributed by atoms with Crippen LogP contribution in [-0.4, -0.2) is 37.4 Å². The van der Waals surface area contributed by atoms with E-state index in [1.807, 2.05) is 106 Å². The second kappa shape index (κ2) is 9.33. The van der Waals surface area contributed by atoms with Crippen LogP contribution >= 0.6 is 0 Å². The topological polar surface area (TPSA) is 52.7 Å². The Hall–Kier alpha value is -3.86. The van der Waals surface area contributed by atoms with Crippen molar-refractivity contribution in [3.8, 4) is 0 Å². The third-order valence-electron chi connectivity index (χ3n) is 5.94. The minimum Gasteiger partial charge on any atom is -0.378 e. The lowest BCUT2D eigenvalue weighted by molar-refractivity contribution is -0.136. The van der Waals surface area contributed by atoms with Gasteiger partial charge in [0.25, 0.3) is 11.8 Å². The van der Waals surface area contributed by atoms with Crippen molar-refractivity contribution < 1.29 is 9.59 Å². The average Bonchev–Trinajstić information content (AvgIpc) is 3.02. The molecule has 0 unspecified atom stereocenters. The number of rotatable bonds is 7. The van der Waals surface area contributed by atoms with Crippen LogP contribution in [0, 0.1) is 13.8 Å². The molecule has 0 saturated carbocycles. The number of imide groups is 1. The Labute approximate surface area is 195 Å². The summed E-state index contributed by atoms with van der Waals surface area (Å²) in [6, 6.07) is 23.7. The smallest absolute Gasteiger partial charge is 0.278 e. The molecule has 168 valence electrons. The third kappa shape index (κ3) is 4.67. The van der Waals surface area contributed by atoms with E-state index in [2.05, 4.69) is 5.32 Å². The maximum Gasteiger partial charge on any atom is 0.278 e. The zero-order valence-electron chi connectivity index (χ0n) is 19.6. The Morgan fingerprint density at radius 1 is 0.848 bits per heavy atom. The number of carbonyl (C=O) groups is 2. The van der Waals surface area contributed by atoms with Gasteiger partial charge in [0, 0.05) is 32.0 Å². The van der Waals surface area contributed by atoms with Gasteiger partial charge in [-0.1, -0.05) is 54.1 Å². The van der Waals surface area contributed by atoms with Crippen LogP contribution in [0.2, 0.25) is 0 Å². The SMILES string of the molecule is Cc1ccc(C2=C(Nc3ccc(N(C)C)cc3)C(=O)N(CCc3ccccc3)C2=O)c(C)c1. The second-order valence-electron chi connectivity index (χ2n) is 8.63. The van der Waals surface area contributed by atoms with Gasteiger partial charge in [0.05, 0.1) is 5.57 Å². The van der Waals surface area contributed by atoms with Gasteiger partial charge in [0.1, 0.15) is 5.70 Å². The zero-order valence-corrected chi connectivity index (χ0v) is 19.6. The summed E-state index contributed by atoms with van der Waals surface area (Å²) in [7, 11) is 3.96. The van der Waals surface area contributed by atoms with Crippen molar-refractivity contribution in [3.05, 3.63) is 101 Å². The van der Waals surface area contributed by atoms with Crippen LogP contribution in [0.3, 0.4) is 0 Å². The Morgan fingerprint density at radius 2 is 1.55 bits per heavy atom. The van der Waals surface area contributed by atoms with Crippen LogP contribution in [0.25, 0.3) is 5.57 Å². The molecule has 0 saturated heterocycles. The number of nitrogens with one attached hydrogen (secondary N) is 1. The van der Waals surface area contributed by atoms with E-state index in [4.69, 9.17) is 0 Å². The van der Waals surface area contributed by atoms with Gasteiger partial charge in [-0.05, 0) is 61.2 Å². The molecular formula is C28H29N3O2. The first-order valence-corrected chi connectivity index (χ1v) is 11.1. The molecule has 1 heterocycles. The highest BCUT2D eigenvalue weighted by Gasteiger charge is 2.39. The van der Waals surface area contributed by atoms with Gasteiger partial charge in [0.2, 0.25) is 0 Å². The van der Waals surface area contributed by atoms with E-state index < -0.39 is 0 Å². The number of anilines is 2. The summed E-state index contributed by atoms with van der Waals surface area (Å²) in [5.41, 5.74) is 6.55. The van der Waals surface area contributed by atoms with Crippen LogP contribution in [-0.2, 0) is 16.0 Å². The van der Waals surface area contributed by atoms with Crippen molar-refractivity contribution >= 4 is 28.8 Å². The first-order chi connectivity index (χ1) is 15.8. The lowest BCUT2D eigenvalue weighted by Gasteiger charge is -2.16. The maximum atomic E-state index is 13.5. The monoisotopic (exact) mass is 439 g/mol. The van der Waals surface area contributed by atoms with Gasteiger partial charge in [-0.15, -0.1) is 0 Å². The van der Waals surface area contributed by atoms with Crippen LogP contribution in [0.15, 0.2) is 78.5 Å². The van der Waals surface area contributed by atoms with Crippen molar-refractivity contribution in [2.45, 2.75) is 20.3 Å². The fourth-order valence-electron chi connectivity index (χ4n) is 4.11. The van der Waals surface area contributed by atoms with Gasteiger partial charge < -0.3 is 10.2 Å². The average molecular weight is 440 g/mol. The molecule has 0 bridgehead atoms. The molecule has 0 fully saturated rings. The largest absolute Gasteiger partial charge is 0.378 e. The first-order valence-electron chi connectivity index (χ1n) is 11.1. The Morgan fingerprint density at radius 3 is 2.18 bits per heavy atom. The van der Waals surface area contributed by atoms with E-state index in [9.17, 15) is 9.59 Å². The highest BCUT2D eigenvalue weighted by Crippen LogP contribution is 2.33.